The van der Waals surface area contributed by atoms with E-state index in [1.54, 1.807) is 32.9 Å². The van der Waals surface area contributed by atoms with Gasteiger partial charge in [-0.05, 0) is 59.9 Å². The summed E-state index contributed by atoms with van der Waals surface area (Å²) in [6.07, 6.45) is 4.64. The standard InChI is InChI=1S/C42H44N4O5S2/c1-4-35-39(48)46-38(28(2)3)41(50)51-33(25-37(47)43-27-32-24-34(52)26-36(44-32)40(49)45-35)22-14-15-23-53-42(29-16-8-5-9-17-29,30-18-10-6-11-19-30)31-20-12-7-13-21-31/h4-14,16-22,24,26,28,33,38H,15,23,25,27H2,1-3H3,(H,43,47)(H,44,52)(H,45,49)(H,46,48)/b22-14+,35-4-/t33-,38+/m1/s1. The number of benzene rings is 3. The molecule has 2 atom stereocenters. The summed E-state index contributed by atoms with van der Waals surface area (Å²) in [7, 11) is 0. The van der Waals surface area contributed by atoms with E-state index in [4.69, 9.17) is 4.74 Å². The molecule has 1 aliphatic rings. The number of carbonyl (C=O) groups excluding carboxylic acids is 4. The van der Waals surface area contributed by atoms with Gasteiger partial charge in [-0.3, -0.25) is 14.4 Å². The molecule has 1 aromatic heterocycles. The van der Waals surface area contributed by atoms with Crippen LogP contribution in [0.15, 0.2) is 132 Å². The second-order valence-corrected chi connectivity index (χ2v) is 14.7. The highest BCUT2D eigenvalue weighted by atomic mass is 32.2. The van der Waals surface area contributed by atoms with E-state index in [1.165, 1.54) is 12.1 Å². The Hall–Kier alpha value is -5.13. The number of amides is 3. The number of cyclic esters (lactones) is 1. The first kappa shape index (κ1) is 39.1. The zero-order valence-electron chi connectivity index (χ0n) is 30.0. The van der Waals surface area contributed by atoms with Gasteiger partial charge in [-0.2, -0.15) is 0 Å². The molecule has 5 rings (SSSR count). The van der Waals surface area contributed by atoms with Crippen LogP contribution in [0.25, 0.3) is 0 Å². The summed E-state index contributed by atoms with van der Waals surface area (Å²) in [4.78, 5) is 58.0. The molecule has 3 amide bonds. The molecule has 53 heavy (non-hydrogen) atoms. The van der Waals surface area contributed by atoms with Crippen LogP contribution in [0.3, 0.4) is 0 Å². The summed E-state index contributed by atoms with van der Waals surface area (Å²) >= 11 is 6.21. The monoisotopic (exact) mass is 748 g/mol. The average Bonchev–Trinajstić information content (AvgIpc) is 3.16. The van der Waals surface area contributed by atoms with Crippen molar-refractivity contribution in [3.63, 3.8) is 0 Å². The number of fused-ring (bicyclic) bond motifs is 2. The van der Waals surface area contributed by atoms with Gasteiger partial charge in [0.25, 0.3) is 11.8 Å². The number of ether oxygens (including phenoxy) is 1. The van der Waals surface area contributed by atoms with Gasteiger partial charge in [-0.25, -0.2) is 9.78 Å². The summed E-state index contributed by atoms with van der Waals surface area (Å²) < 4.78 is 5.42. The first-order valence-corrected chi connectivity index (χ1v) is 19.0. The summed E-state index contributed by atoms with van der Waals surface area (Å²) in [5, 5.41) is 8.09. The molecule has 4 aromatic rings. The van der Waals surface area contributed by atoms with Crippen molar-refractivity contribution in [2.45, 2.75) is 61.9 Å². The highest BCUT2D eigenvalue weighted by molar-refractivity contribution is 8.00. The van der Waals surface area contributed by atoms with Crippen molar-refractivity contribution in [3.05, 3.63) is 155 Å². The number of hydrogen-bond acceptors (Lipinski definition) is 8. The van der Waals surface area contributed by atoms with E-state index in [0.717, 1.165) is 16.7 Å². The minimum atomic E-state index is -1.05. The minimum Gasteiger partial charge on any atom is -0.456 e. The molecule has 0 aliphatic carbocycles. The molecule has 11 heteroatoms. The number of nitrogens with one attached hydrogen (secondary N) is 3. The lowest BCUT2D eigenvalue weighted by molar-refractivity contribution is -0.153. The van der Waals surface area contributed by atoms with Gasteiger partial charge in [-0.1, -0.05) is 117 Å². The lowest BCUT2D eigenvalue weighted by Gasteiger charge is -2.35. The Kier molecular flexibility index (Phi) is 13.7. The van der Waals surface area contributed by atoms with Crippen molar-refractivity contribution in [1.29, 1.82) is 0 Å². The van der Waals surface area contributed by atoms with Crippen LogP contribution in [0, 0.1) is 5.92 Å². The lowest BCUT2D eigenvalue weighted by atomic mass is 9.84. The molecule has 0 radical (unpaired) electrons. The van der Waals surface area contributed by atoms with E-state index in [0.29, 0.717) is 22.8 Å². The number of esters is 1. The van der Waals surface area contributed by atoms with Gasteiger partial charge in [0.2, 0.25) is 5.91 Å². The van der Waals surface area contributed by atoms with Crippen LogP contribution in [-0.2, 0) is 30.4 Å². The molecule has 0 unspecified atom stereocenters. The molecule has 0 saturated carbocycles. The van der Waals surface area contributed by atoms with Crippen molar-refractivity contribution in [2.24, 2.45) is 5.92 Å². The van der Waals surface area contributed by atoms with Gasteiger partial charge in [0.05, 0.1) is 23.4 Å². The van der Waals surface area contributed by atoms with Crippen LogP contribution in [-0.4, -0.2) is 46.6 Å². The number of rotatable bonds is 9. The fourth-order valence-corrected chi connectivity index (χ4v) is 7.79. The van der Waals surface area contributed by atoms with Crippen molar-refractivity contribution < 1.29 is 23.9 Å². The van der Waals surface area contributed by atoms with E-state index in [-0.39, 0.29) is 36.2 Å². The Morgan fingerprint density at radius 2 is 1.47 bits per heavy atom. The lowest BCUT2D eigenvalue weighted by Crippen LogP contribution is -2.48. The van der Waals surface area contributed by atoms with E-state index in [1.807, 2.05) is 36.0 Å². The topological polar surface area (TPSA) is 126 Å². The molecule has 1 aliphatic heterocycles. The normalized spacial score (nSPS) is 18.4. The summed E-state index contributed by atoms with van der Waals surface area (Å²) in [5.74, 6) is -2.03. The van der Waals surface area contributed by atoms with Crippen molar-refractivity contribution >= 4 is 48.1 Å². The van der Waals surface area contributed by atoms with Crippen LogP contribution in [0.4, 0.5) is 0 Å². The van der Waals surface area contributed by atoms with Gasteiger partial charge in [-0.15, -0.1) is 24.4 Å². The molecular formula is C42H44N4O5S2. The third-order valence-electron chi connectivity index (χ3n) is 8.70. The Morgan fingerprint density at radius 3 is 2.02 bits per heavy atom. The average molecular weight is 749 g/mol. The number of allylic oxidation sites excluding steroid dienone is 2. The minimum absolute atomic E-state index is 0.0145. The number of thiol groups is 1. The zero-order valence-corrected chi connectivity index (χ0v) is 31.7. The highest BCUT2D eigenvalue weighted by Crippen LogP contribution is 2.48. The predicted molar refractivity (Wildman–Crippen MR) is 211 cm³/mol. The number of hydrogen-bond donors (Lipinski definition) is 4. The molecule has 0 saturated heterocycles. The van der Waals surface area contributed by atoms with Gasteiger partial charge >= 0.3 is 5.97 Å². The molecule has 9 nitrogen and oxygen atoms in total. The summed E-state index contributed by atoms with van der Waals surface area (Å²) in [6.45, 7) is 5.16. The fraction of sp³-hybridized carbons (Fsp3) is 0.262. The third-order valence-corrected chi connectivity index (χ3v) is 10.5. The fourth-order valence-electron chi connectivity index (χ4n) is 6.05. The maximum atomic E-state index is 13.6. The molecule has 3 aromatic carbocycles. The Balaban J connectivity index is 1.40. The van der Waals surface area contributed by atoms with Crippen LogP contribution in [0.1, 0.15) is 66.5 Å². The Morgan fingerprint density at radius 1 is 0.887 bits per heavy atom. The quantitative estimate of drug-likeness (QED) is 0.0373. The molecule has 2 heterocycles. The Bertz CT molecular complexity index is 1860. The highest BCUT2D eigenvalue weighted by Gasteiger charge is 2.36. The van der Waals surface area contributed by atoms with E-state index in [2.05, 4.69) is 106 Å². The molecule has 2 bridgehead atoms. The summed E-state index contributed by atoms with van der Waals surface area (Å²) in [5.41, 5.74) is 3.84. The number of carbonyl (C=O) groups is 4. The molecule has 0 fully saturated rings. The maximum absolute atomic E-state index is 13.6. The van der Waals surface area contributed by atoms with Gasteiger partial charge in [0.15, 0.2) is 0 Å². The molecule has 3 N–H and O–H groups in total. The van der Waals surface area contributed by atoms with E-state index in [9.17, 15) is 19.2 Å². The number of nitrogens with zero attached hydrogens (tertiary/aromatic N) is 1. The van der Waals surface area contributed by atoms with Crippen molar-refractivity contribution in [1.82, 2.24) is 20.9 Å². The Labute approximate surface area is 320 Å². The largest absolute Gasteiger partial charge is 0.456 e. The molecule has 274 valence electrons. The van der Waals surface area contributed by atoms with Gasteiger partial charge < -0.3 is 20.7 Å². The third kappa shape index (κ3) is 10.1. The molecular weight excluding hydrogens is 705 g/mol. The second kappa shape index (κ2) is 18.6. The van der Waals surface area contributed by atoms with Crippen LogP contribution in [0.5, 0.6) is 0 Å². The van der Waals surface area contributed by atoms with Crippen LogP contribution >= 0.6 is 24.4 Å². The smallest absolute Gasteiger partial charge is 0.329 e. The first-order valence-electron chi connectivity index (χ1n) is 17.5. The zero-order chi connectivity index (χ0) is 37.8. The van der Waals surface area contributed by atoms with E-state index >= 15 is 0 Å². The van der Waals surface area contributed by atoms with Gasteiger partial charge in [0, 0.05) is 4.90 Å². The number of aromatic nitrogens is 1. The van der Waals surface area contributed by atoms with Crippen molar-refractivity contribution in [3.8, 4) is 0 Å². The summed E-state index contributed by atoms with van der Waals surface area (Å²) in [6, 6.07) is 33.3. The SMILES string of the molecule is C/C=C1\NC(=O)c2cc(S)cc(n2)CNC(=O)C[C@@H](/C=C/CCSC(c2ccccc2)(c2ccccc2)c2ccccc2)OC(=O)[C@H](C(C)C)NC1=O. The number of pyridine rings is 1. The molecule has 0 spiro atoms. The van der Waals surface area contributed by atoms with Crippen molar-refractivity contribution in [2.75, 3.05) is 5.75 Å². The van der Waals surface area contributed by atoms with Crippen LogP contribution < -0.4 is 16.0 Å². The van der Waals surface area contributed by atoms with E-state index < -0.39 is 34.7 Å². The maximum Gasteiger partial charge on any atom is 0.329 e. The second-order valence-electron chi connectivity index (χ2n) is 12.9. The van der Waals surface area contributed by atoms with Crippen LogP contribution in [0.2, 0.25) is 0 Å². The van der Waals surface area contributed by atoms with Gasteiger partial charge in [0.1, 0.15) is 23.5 Å². The number of thioether (sulfide) groups is 1. The first-order chi connectivity index (χ1) is 25.6. The predicted octanol–water partition coefficient (Wildman–Crippen LogP) is 6.75.